The highest BCUT2D eigenvalue weighted by Crippen LogP contribution is 2.42. The normalized spacial score (nSPS) is 15.4. The number of rotatable bonds is 7. The first kappa shape index (κ1) is 25.2. The molecule has 2 heterocycles. The van der Waals surface area contributed by atoms with Gasteiger partial charge in [0.1, 0.15) is 5.69 Å². The molecule has 37 heavy (non-hydrogen) atoms. The molecule has 5 rings (SSSR count). The second kappa shape index (κ2) is 10.9. The summed E-state index contributed by atoms with van der Waals surface area (Å²) < 4.78 is 1.96. The molecule has 1 aliphatic heterocycles. The maximum atomic E-state index is 13.2. The van der Waals surface area contributed by atoms with Gasteiger partial charge >= 0.3 is 0 Å². The second-order valence-electron chi connectivity index (χ2n) is 10.1. The van der Waals surface area contributed by atoms with Crippen molar-refractivity contribution in [3.63, 3.8) is 0 Å². The van der Waals surface area contributed by atoms with E-state index in [1.54, 1.807) is 25.3 Å². The van der Waals surface area contributed by atoms with E-state index in [1.165, 1.54) is 11.1 Å². The molecule has 0 N–H and O–H groups in total. The number of halogens is 1. The van der Waals surface area contributed by atoms with Crippen LogP contribution in [-0.2, 0) is 18.5 Å². The molecule has 0 saturated carbocycles. The van der Waals surface area contributed by atoms with Crippen LogP contribution >= 0.6 is 11.6 Å². The van der Waals surface area contributed by atoms with Crippen molar-refractivity contribution in [3.05, 3.63) is 124 Å². The molecule has 0 atom stereocenters. The smallest absolute Gasteiger partial charge is 0.271 e. The van der Waals surface area contributed by atoms with Gasteiger partial charge in [0.15, 0.2) is 0 Å². The van der Waals surface area contributed by atoms with Crippen LogP contribution in [-0.4, -0.2) is 52.4 Å². The second-order valence-corrected chi connectivity index (χ2v) is 10.5. The van der Waals surface area contributed by atoms with Crippen LogP contribution < -0.4 is 0 Å². The van der Waals surface area contributed by atoms with E-state index >= 15 is 0 Å². The summed E-state index contributed by atoms with van der Waals surface area (Å²) in [6.45, 7) is 3.10. The molecule has 4 aromatic rings. The summed E-state index contributed by atoms with van der Waals surface area (Å²) in [4.78, 5) is 22.0. The van der Waals surface area contributed by atoms with Crippen LogP contribution in [0.1, 0.15) is 45.7 Å². The number of piperidine rings is 1. The van der Waals surface area contributed by atoms with Crippen LogP contribution in [0.2, 0.25) is 5.02 Å². The summed E-state index contributed by atoms with van der Waals surface area (Å²) in [5, 5.41) is 0.701. The lowest BCUT2D eigenvalue weighted by atomic mass is 9.68. The van der Waals surface area contributed by atoms with E-state index in [9.17, 15) is 4.79 Å². The van der Waals surface area contributed by atoms with E-state index in [-0.39, 0.29) is 11.3 Å². The van der Waals surface area contributed by atoms with Gasteiger partial charge in [0.05, 0.1) is 12.0 Å². The van der Waals surface area contributed by atoms with Gasteiger partial charge in [-0.3, -0.25) is 9.69 Å². The number of carbonyl (C=O) groups excluding carboxylic acids is 1. The minimum atomic E-state index is -0.0265. The summed E-state index contributed by atoms with van der Waals surface area (Å²) in [6.07, 6.45) is 3.83. The minimum Gasteiger partial charge on any atom is -0.343 e. The van der Waals surface area contributed by atoms with Crippen molar-refractivity contribution in [1.82, 2.24) is 19.4 Å². The predicted molar refractivity (Wildman–Crippen MR) is 149 cm³/mol. The number of amides is 1. The highest BCUT2D eigenvalue weighted by Gasteiger charge is 2.38. The minimum absolute atomic E-state index is 0.00471. The topological polar surface area (TPSA) is 41.4 Å². The van der Waals surface area contributed by atoms with Gasteiger partial charge in [-0.2, -0.15) is 0 Å². The monoisotopic (exact) mass is 512 g/mol. The van der Waals surface area contributed by atoms with Crippen LogP contribution in [0.25, 0.3) is 0 Å². The van der Waals surface area contributed by atoms with Crippen molar-refractivity contribution in [3.8, 4) is 0 Å². The predicted octanol–water partition coefficient (Wildman–Crippen LogP) is 5.87. The largest absolute Gasteiger partial charge is 0.343 e. The van der Waals surface area contributed by atoms with Gasteiger partial charge in [0.2, 0.25) is 0 Å². The van der Waals surface area contributed by atoms with E-state index in [1.807, 2.05) is 28.8 Å². The molecule has 190 valence electrons. The molecule has 1 saturated heterocycles. The van der Waals surface area contributed by atoms with Crippen molar-refractivity contribution in [1.29, 1.82) is 0 Å². The zero-order valence-corrected chi connectivity index (χ0v) is 22.2. The number of carbonyl (C=O) groups is 1. The van der Waals surface area contributed by atoms with Crippen LogP contribution in [0, 0.1) is 0 Å². The number of imidazole rings is 1. The van der Waals surface area contributed by atoms with Gasteiger partial charge in [-0.05, 0) is 54.8 Å². The van der Waals surface area contributed by atoms with Gasteiger partial charge in [-0.15, -0.1) is 0 Å². The Morgan fingerprint density at radius 1 is 0.865 bits per heavy atom. The third kappa shape index (κ3) is 5.34. The third-order valence-corrected chi connectivity index (χ3v) is 7.78. The summed E-state index contributed by atoms with van der Waals surface area (Å²) in [6, 6.07) is 29.5. The number of hydrogen-bond acceptors (Lipinski definition) is 3. The lowest BCUT2D eigenvalue weighted by molar-refractivity contribution is 0.0814. The van der Waals surface area contributed by atoms with Crippen LogP contribution in [0.3, 0.4) is 0 Å². The van der Waals surface area contributed by atoms with Crippen LogP contribution in [0.4, 0.5) is 0 Å². The maximum absolute atomic E-state index is 13.2. The summed E-state index contributed by atoms with van der Waals surface area (Å²) in [5.74, 6) is -0.0265. The Balaban J connectivity index is 1.38. The van der Waals surface area contributed by atoms with Crippen molar-refractivity contribution < 1.29 is 4.79 Å². The van der Waals surface area contributed by atoms with Crippen LogP contribution in [0.5, 0.6) is 0 Å². The Bertz CT molecular complexity index is 1280. The highest BCUT2D eigenvalue weighted by molar-refractivity contribution is 6.30. The van der Waals surface area contributed by atoms with E-state index in [0.29, 0.717) is 23.8 Å². The zero-order valence-electron chi connectivity index (χ0n) is 21.5. The Hall–Kier alpha value is -3.41. The van der Waals surface area contributed by atoms with Crippen molar-refractivity contribution in [2.75, 3.05) is 27.2 Å². The number of nitrogens with zero attached hydrogens (tertiary/aromatic N) is 4. The third-order valence-electron chi connectivity index (χ3n) is 7.52. The van der Waals surface area contributed by atoms with Crippen molar-refractivity contribution in [2.45, 2.75) is 31.3 Å². The SMILES string of the molecule is CN(C)C(=O)c1c(CN2CCC(c3ccccc3)(c3ccccc3)CC2)ncn1Cc1ccc(Cl)cc1. The molecule has 0 spiro atoms. The molecular formula is C31H33ClN4O. The van der Waals surface area contributed by atoms with Crippen molar-refractivity contribution >= 4 is 17.5 Å². The Morgan fingerprint density at radius 3 is 1.97 bits per heavy atom. The summed E-state index contributed by atoms with van der Waals surface area (Å²) >= 11 is 6.06. The molecule has 0 bridgehead atoms. The fourth-order valence-corrected chi connectivity index (χ4v) is 5.59. The lowest BCUT2D eigenvalue weighted by Gasteiger charge is -2.43. The number of likely N-dealkylation sites (tertiary alicyclic amines) is 1. The van der Waals surface area contributed by atoms with Gasteiger partial charge in [-0.1, -0.05) is 84.4 Å². The molecule has 6 heteroatoms. The number of hydrogen-bond donors (Lipinski definition) is 0. The molecule has 0 radical (unpaired) electrons. The zero-order chi connectivity index (χ0) is 25.8. The Kier molecular flexibility index (Phi) is 7.45. The van der Waals surface area contributed by atoms with Gasteiger partial charge in [-0.25, -0.2) is 4.98 Å². The fraction of sp³-hybridized carbons (Fsp3) is 0.290. The van der Waals surface area contributed by atoms with Gasteiger partial charge < -0.3 is 9.47 Å². The van der Waals surface area contributed by atoms with Crippen molar-refractivity contribution in [2.24, 2.45) is 0 Å². The molecule has 1 aliphatic rings. The van der Waals surface area contributed by atoms with E-state index in [2.05, 4.69) is 65.6 Å². The van der Waals surface area contributed by atoms with Crippen LogP contribution in [0.15, 0.2) is 91.3 Å². The summed E-state index contributed by atoms with van der Waals surface area (Å²) in [7, 11) is 3.58. The quantitative estimate of drug-likeness (QED) is 0.311. The van der Waals surface area contributed by atoms with E-state index < -0.39 is 0 Å². The first-order valence-electron chi connectivity index (χ1n) is 12.8. The molecule has 1 fully saturated rings. The lowest BCUT2D eigenvalue weighted by Crippen LogP contribution is -2.43. The molecule has 0 aliphatic carbocycles. The number of aromatic nitrogens is 2. The molecular weight excluding hydrogens is 480 g/mol. The van der Waals surface area contributed by atoms with Gasteiger partial charge in [0.25, 0.3) is 5.91 Å². The fourth-order valence-electron chi connectivity index (χ4n) is 5.47. The average Bonchev–Trinajstić information content (AvgIpc) is 3.32. The number of benzene rings is 3. The molecule has 1 amide bonds. The van der Waals surface area contributed by atoms with E-state index in [4.69, 9.17) is 16.6 Å². The molecule has 5 nitrogen and oxygen atoms in total. The highest BCUT2D eigenvalue weighted by atomic mass is 35.5. The van der Waals surface area contributed by atoms with E-state index in [0.717, 1.165) is 37.2 Å². The molecule has 1 aromatic heterocycles. The standard InChI is InChI=1S/C31H33ClN4O/c1-34(2)30(37)29-28(33-23-36(29)21-24-13-15-27(32)16-14-24)22-35-19-17-31(18-20-35,25-9-5-3-6-10-25)26-11-7-4-8-12-26/h3-16,23H,17-22H2,1-2H3. The first-order chi connectivity index (χ1) is 18.0. The molecule has 0 unspecified atom stereocenters. The summed E-state index contributed by atoms with van der Waals surface area (Å²) in [5.41, 5.74) is 5.31. The van der Waals surface area contributed by atoms with Gasteiger partial charge in [0, 0.05) is 37.6 Å². The Morgan fingerprint density at radius 2 is 1.43 bits per heavy atom. The Labute approximate surface area is 224 Å². The maximum Gasteiger partial charge on any atom is 0.271 e. The average molecular weight is 513 g/mol. The first-order valence-corrected chi connectivity index (χ1v) is 13.2. The molecule has 3 aromatic carbocycles.